The summed E-state index contributed by atoms with van der Waals surface area (Å²) in [4.78, 5) is 0. The summed E-state index contributed by atoms with van der Waals surface area (Å²) < 4.78 is 0. The van der Waals surface area contributed by atoms with E-state index in [1.807, 2.05) is 21.0 Å². The molecule has 0 heterocycles. The molecular weight excluding hydrogens is 136 g/mol. The molecule has 0 aliphatic carbocycles. The Balaban J connectivity index is 0. The maximum atomic E-state index is 3.93. The van der Waals surface area contributed by atoms with Crippen LogP contribution in [0, 0.1) is 0 Å². The normalized spacial score (nSPS) is 8.82. The molecule has 0 aromatic heterocycles. The number of hydrazone groups is 1. The van der Waals surface area contributed by atoms with Gasteiger partial charge in [-0.05, 0) is 12.5 Å². The van der Waals surface area contributed by atoms with Crippen LogP contribution < -0.4 is 0 Å². The van der Waals surface area contributed by atoms with Crippen molar-refractivity contribution in [1.29, 1.82) is 0 Å². The van der Waals surface area contributed by atoms with Crippen molar-refractivity contribution in [3.05, 3.63) is 12.2 Å². The number of hydrogen-bond donors (Lipinski definition) is 0. The van der Waals surface area contributed by atoms with Crippen LogP contribution in [0.1, 0.15) is 27.2 Å². The van der Waals surface area contributed by atoms with Gasteiger partial charge in [-0.3, -0.25) is 0 Å². The summed E-state index contributed by atoms with van der Waals surface area (Å²) in [6, 6.07) is 0. The van der Waals surface area contributed by atoms with Gasteiger partial charge in [0.15, 0.2) is 0 Å². The third-order valence-corrected chi connectivity index (χ3v) is 0.509. The molecule has 66 valence electrons. The fourth-order valence-corrected chi connectivity index (χ4v) is 0.214. The maximum Gasteiger partial charge on any atom is 0.0493 e. The van der Waals surface area contributed by atoms with Gasteiger partial charge in [0.1, 0.15) is 0 Å². The van der Waals surface area contributed by atoms with Crippen LogP contribution in [0.5, 0.6) is 0 Å². The average Bonchev–Trinajstić information content (AvgIpc) is 1.85. The molecule has 0 bridgehead atoms. The third kappa shape index (κ3) is 27.0. The van der Waals surface area contributed by atoms with E-state index < -0.39 is 0 Å². The van der Waals surface area contributed by atoms with E-state index in [1.54, 1.807) is 11.2 Å². The molecule has 0 saturated heterocycles. The first kappa shape index (κ1) is 12.8. The molecular formula is C9H20N2. The lowest BCUT2D eigenvalue weighted by atomic mass is 10.4. The molecule has 0 aromatic carbocycles. The van der Waals surface area contributed by atoms with Gasteiger partial charge < -0.3 is 5.01 Å². The summed E-state index contributed by atoms with van der Waals surface area (Å²) in [5.74, 6) is 0. The van der Waals surface area contributed by atoms with Crippen LogP contribution in [-0.4, -0.2) is 25.3 Å². The van der Waals surface area contributed by atoms with Crippen LogP contribution in [0.15, 0.2) is 17.3 Å². The number of hydrogen-bond acceptors (Lipinski definition) is 2. The highest BCUT2D eigenvalue weighted by molar-refractivity contribution is 5.76. The zero-order valence-electron chi connectivity index (χ0n) is 8.39. The summed E-state index contributed by atoms with van der Waals surface area (Å²) in [5, 5.41) is 5.66. The number of nitrogens with zero attached hydrogens (tertiary/aromatic N) is 2. The second kappa shape index (κ2) is 9.21. The Morgan fingerprint density at radius 1 is 1.45 bits per heavy atom. The largest absolute Gasteiger partial charge is 0.303 e. The van der Waals surface area contributed by atoms with Crippen LogP contribution in [0.3, 0.4) is 0 Å². The predicted molar refractivity (Wildman–Crippen MR) is 53.0 cm³/mol. The number of allylic oxidation sites excluding steroid dienone is 1. The highest BCUT2D eigenvalue weighted by Crippen LogP contribution is 1.80. The molecule has 2 nitrogen and oxygen atoms in total. The van der Waals surface area contributed by atoms with Gasteiger partial charge in [-0.2, -0.15) is 5.10 Å². The Labute approximate surface area is 70.6 Å². The van der Waals surface area contributed by atoms with Crippen LogP contribution >= 0.6 is 0 Å². The summed E-state index contributed by atoms with van der Waals surface area (Å²) in [5.41, 5.74) is 0.971. The Hall–Kier alpha value is -0.790. The Bertz CT molecular complexity index is 115. The van der Waals surface area contributed by atoms with E-state index in [0.717, 1.165) is 5.57 Å². The van der Waals surface area contributed by atoms with Crippen LogP contribution in [-0.2, 0) is 0 Å². The van der Waals surface area contributed by atoms with E-state index in [2.05, 4.69) is 25.5 Å². The van der Waals surface area contributed by atoms with E-state index >= 15 is 0 Å². The highest BCUT2D eigenvalue weighted by atomic mass is 15.4. The van der Waals surface area contributed by atoms with E-state index in [1.165, 1.54) is 6.42 Å². The Morgan fingerprint density at radius 3 is 1.91 bits per heavy atom. The summed E-state index contributed by atoms with van der Waals surface area (Å²) in [6.45, 7) is 9.81. The smallest absolute Gasteiger partial charge is 0.0493 e. The van der Waals surface area contributed by atoms with Gasteiger partial charge in [0.25, 0.3) is 0 Å². The molecule has 0 saturated carbocycles. The van der Waals surface area contributed by atoms with Crippen LogP contribution in [0.4, 0.5) is 0 Å². The molecule has 0 atom stereocenters. The zero-order chi connectivity index (χ0) is 9.28. The first-order valence-corrected chi connectivity index (χ1v) is 3.91. The molecule has 0 amide bonds. The van der Waals surface area contributed by atoms with Crippen molar-refractivity contribution in [3.8, 4) is 0 Å². The first-order chi connectivity index (χ1) is 5.04. The number of rotatable bonds is 2. The minimum absolute atomic E-state index is 0.971. The molecule has 11 heavy (non-hydrogen) atoms. The Kier molecular flexibility index (Phi) is 10.8. The SMILES string of the molecule is C=C(C)/C=N\N(C)C.CCC. The molecule has 0 N–H and O–H groups in total. The van der Waals surface area contributed by atoms with E-state index in [4.69, 9.17) is 0 Å². The molecule has 0 radical (unpaired) electrons. The zero-order valence-corrected chi connectivity index (χ0v) is 8.39. The fourth-order valence-electron chi connectivity index (χ4n) is 0.214. The van der Waals surface area contributed by atoms with Gasteiger partial charge in [-0.25, -0.2) is 0 Å². The monoisotopic (exact) mass is 156 g/mol. The molecule has 2 heteroatoms. The van der Waals surface area contributed by atoms with Gasteiger partial charge >= 0.3 is 0 Å². The van der Waals surface area contributed by atoms with Crippen molar-refractivity contribution in [1.82, 2.24) is 5.01 Å². The molecule has 0 aliphatic heterocycles. The van der Waals surface area contributed by atoms with Crippen molar-refractivity contribution in [2.45, 2.75) is 27.2 Å². The summed E-state index contributed by atoms with van der Waals surface area (Å²) in [7, 11) is 3.75. The van der Waals surface area contributed by atoms with Crippen molar-refractivity contribution in [3.63, 3.8) is 0 Å². The van der Waals surface area contributed by atoms with Crippen molar-refractivity contribution < 1.29 is 0 Å². The summed E-state index contributed by atoms with van der Waals surface area (Å²) >= 11 is 0. The molecule has 0 fully saturated rings. The van der Waals surface area contributed by atoms with Gasteiger partial charge in [0, 0.05) is 20.3 Å². The lowest BCUT2D eigenvalue weighted by Gasteiger charge is -2.00. The predicted octanol–water partition coefficient (Wildman–Crippen LogP) is 2.53. The van der Waals surface area contributed by atoms with Crippen LogP contribution in [0.2, 0.25) is 0 Å². The average molecular weight is 156 g/mol. The van der Waals surface area contributed by atoms with Gasteiger partial charge in [-0.1, -0.05) is 26.8 Å². The second-order valence-corrected chi connectivity index (χ2v) is 2.65. The van der Waals surface area contributed by atoms with E-state index in [9.17, 15) is 0 Å². The van der Waals surface area contributed by atoms with Crippen LogP contribution in [0.25, 0.3) is 0 Å². The first-order valence-electron chi connectivity index (χ1n) is 3.91. The van der Waals surface area contributed by atoms with E-state index in [0.29, 0.717) is 0 Å². The van der Waals surface area contributed by atoms with Crippen molar-refractivity contribution in [2.24, 2.45) is 5.10 Å². The van der Waals surface area contributed by atoms with Crippen molar-refractivity contribution >= 4 is 6.21 Å². The highest BCUT2D eigenvalue weighted by Gasteiger charge is 1.75. The fraction of sp³-hybridized carbons (Fsp3) is 0.667. The topological polar surface area (TPSA) is 15.6 Å². The molecule has 0 rings (SSSR count). The van der Waals surface area contributed by atoms with Gasteiger partial charge in [0.2, 0.25) is 0 Å². The van der Waals surface area contributed by atoms with Gasteiger partial charge in [0.05, 0.1) is 0 Å². The second-order valence-electron chi connectivity index (χ2n) is 2.65. The lowest BCUT2D eigenvalue weighted by Crippen LogP contribution is -2.01. The molecule has 0 unspecified atom stereocenters. The lowest BCUT2D eigenvalue weighted by molar-refractivity contribution is 0.440. The maximum absolute atomic E-state index is 3.93. The molecule has 0 aliphatic rings. The van der Waals surface area contributed by atoms with Gasteiger partial charge in [-0.15, -0.1) is 0 Å². The third-order valence-electron chi connectivity index (χ3n) is 0.509. The Morgan fingerprint density at radius 2 is 1.82 bits per heavy atom. The minimum atomic E-state index is 0.971. The van der Waals surface area contributed by atoms with E-state index in [-0.39, 0.29) is 0 Å². The quantitative estimate of drug-likeness (QED) is 0.443. The minimum Gasteiger partial charge on any atom is -0.303 e. The summed E-state index contributed by atoms with van der Waals surface area (Å²) in [6.07, 6.45) is 2.97. The molecule has 0 spiro atoms. The molecule has 0 aromatic rings. The van der Waals surface area contributed by atoms with Crippen molar-refractivity contribution in [2.75, 3.05) is 14.1 Å². The standard InChI is InChI=1S/C6H12N2.C3H8/c1-6(2)5-7-8(3)4;1-3-2/h5H,1H2,2-4H3;3H2,1-2H3/b7-5-;.